The second kappa shape index (κ2) is 12.8. The first-order chi connectivity index (χ1) is 19.3. The number of nitrogens with zero attached hydrogens (tertiary/aromatic N) is 2. The van der Waals surface area contributed by atoms with Gasteiger partial charge in [-0.25, -0.2) is 26.0 Å². The van der Waals surface area contributed by atoms with Gasteiger partial charge in [0.1, 0.15) is 23.3 Å². The van der Waals surface area contributed by atoms with Crippen LogP contribution in [-0.4, -0.2) is 61.0 Å². The molecule has 1 aliphatic heterocycles. The lowest BCUT2D eigenvalue weighted by Crippen LogP contribution is -2.58. The fourth-order valence-corrected chi connectivity index (χ4v) is 7.04. The predicted octanol–water partition coefficient (Wildman–Crippen LogP) is 3.46. The summed E-state index contributed by atoms with van der Waals surface area (Å²) < 4.78 is 83.1. The molecule has 0 saturated carbocycles. The van der Waals surface area contributed by atoms with Crippen molar-refractivity contribution in [3.8, 4) is 0 Å². The Morgan fingerprint density at radius 2 is 1.68 bits per heavy atom. The Morgan fingerprint density at radius 3 is 2.32 bits per heavy atom. The molecule has 1 aliphatic rings. The molecular weight excluding hydrogens is 560 g/mol. The van der Waals surface area contributed by atoms with Crippen molar-refractivity contribution in [2.75, 3.05) is 19.3 Å². The number of Topliss-reactive ketones (excluding diaryl/α,β-unsaturated/α-hetero) is 1. The maximum absolute atomic E-state index is 15.0. The van der Waals surface area contributed by atoms with Crippen LogP contribution >= 0.6 is 0 Å². The van der Waals surface area contributed by atoms with Gasteiger partial charge in [-0.2, -0.15) is 4.31 Å². The van der Waals surface area contributed by atoms with Crippen LogP contribution in [-0.2, 0) is 27.7 Å². The molecule has 4 atom stereocenters. The number of nitrogens with two attached hydrogens (primary N) is 1. The van der Waals surface area contributed by atoms with Gasteiger partial charge in [0.15, 0.2) is 5.78 Å². The number of nitrogens with one attached hydrogen (secondary N) is 1. The van der Waals surface area contributed by atoms with Crippen molar-refractivity contribution in [2.45, 2.75) is 50.2 Å². The van der Waals surface area contributed by atoms with Crippen molar-refractivity contribution in [3.63, 3.8) is 0 Å². The molecule has 0 spiro atoms. The SMILES string of the molecule is C[C@H]1CNC[C@H](CCc2c(F)cncc2CC(=O)[C@@H](N)[C@@H](c2ccc(F)cc2)c2cc(F)cc(F)c2)N1S(C)(=O)=O. The van der Waals surface area contributed by atoms with Gasteiger partial charge >= 0.3 is 0 Å². The van der Waals surface area contributed by atoms with Crippen LogP contribution in [0.25, 0.3) is 0 Å². The maximum atomic E-state index is 15.0. The number of halogens is 4. The van der Waals surface area contributed by atoms with E-state index in [-0.39, 0.29) is 35.6 Å². The zero-order chi connectivity index (χ0) is 29.9. The van der Waals surface area contributed by atoms with Crippen molar-refractivity contribution in [2.24, 2.45) is 5.73 Å². The first-order valence-electron chi connectivity index (χ1n) is 13.2. The van der Waals surface area contributed by atoms with Crippen LogP contribution < -0.4 is 11.1 Å². The highest BCUT2D eigenvalue weighted by molar-refractivity contribution is 7.88. The van der Waals surface area contributed by atoms with Gasteiger partial charge in [-0.1, -0.05) is 12.1 Å². The Hall–Kier alpha value is -3.19. The molecule has 12 heteroatoms. The van der Waals surface area contributed by atoms with E-state index >= 15 is 4.39 Å². The first-order valence-corrected chi connectivity index (χ1v) is 15.0. The number of carbonyl (C=O) groups excluding carboxylic acids is 1. The molecule has 2 heterocycles. The van der Waals surface area contributed by atoms with Crippen LogP contribution in [0.2, 0.25) is 0 Å². The third kappa shape index (κ3) is 7.37. The van der Waals surface area contributed by atoms with E-state index in [1.165, 1.54) is 22.6 Å². The Labute approximate surface area is 236 Å². The normalized spacial score (nSPS) is 19.6. The van der Waals surface area contributed by atoms with Gasteiger partial charge in [0.25, 0.3) is 0 Å². The Kier molecular flexibility index (Phi) is 9.58. The highest BCUT2D eigenvalue weighted by Gasteiger charge is 2.35. The number of benzene rings is 2. The average Bonchev–Trinajstić information content (AvgIpc) is 2.88. The van der Waals surface area contributed by atoms with Gasteiger partial charge in [0.05, 0.1) is 18.5 Å². The van der Waals surface area contributed by atoms with Crippen LogP contribution in [0.5, 0.6) is 0 Å². The van der Waals surface area contributed by atoms with Crippen molar-refractivity contribution in [1.82, 2.24) is 14.6 Å². The summed E-state index contributed by atoms with van der Waals surface area (Å²) in [6, 6.07) is 5.89. The molecular formula is C29H32F4N4O3S. The Morgan fingerprint density at radius 1 is 1.02 bits per heavy atom. The van der Waals surface area contributed by atoms with Crippen molar-refractivity contribution in [3.05, 3.63) is 100 Å². The van der Waals surface area contributed by atoms with E-state index < -0.39 is 57.1 Å². The van der Waals surface area contributed by atoms with Gasteiger partial charge in [0.2, 0.25) is 10.0 Å². The Bertz CT molecular complexity index is 1480. The first kappa shape index (κ1) is 30.8. The molecule has 3 N–H and O–H groups in total. The van der Waals surface area contributed by atoms with Gasteiger partial charge in [0, 0.05) is 49.8 Å². The van der Waals surface area contributed by atoms with E-state index in [4.69, 9.17) is 5.73 Å². The third-order valence-electron chi connectivity index (χ3n) is 7.39. The summed E-state index contributed by atoms with van der Waals surface area (Å²) in [5.74, 6) is -4.48. The monoisotopic (exact) mass is 592 g/mol. The van der Waals surface area contributed by atoms with E-state index in [2.05, 4.69) is 10.3 Å². The smallest absolute Gasteiger partial charge is 0.211 e. The van der Waals surface area contributed by atoms with Crippen LogP contribution in [0, 0.1) is 23.3 Å². The summed E-state index contributed by atoms with van der Waals surface area (Å²) in [4.78, 5) is 17.4. The number of rotatable bonds is 10. The molecule has 1 fully saturated rings. The number of ketones is 1. The summed E-state index contributed by atoms with van der Waals surface area (Å²) in [6.45, 7) is 2.68. The van der Waals surface area contributed by atoms with E-state index in [0.717, 1.165) is 36.7 Å². The summed E-state index contributed by atoms with van der Waals surface area (Å²) in [5, 5.41) is 3.19. The van der Waals surface area contributed by atoms with Crippen molar-refractivity contribution < 1.29 is 30.8 Å². The van der Waals surface area contributed by atoms with Gasteiger partial charge < -0.3 is 11.1 Å². The topological polar surface area (TPSA) is 105 Å². The van der Waals surface area contributed by atoms with E-state index in [1.54, 1.807) is 6.92 Å². The zero-order valence-corrected chi connectivity index (χ0v) is 23.5. The number of hydrogen-bond donors (Lipinski definition) is 2. The zero-order valence-electron chi connectivity index (χ0n) is 22.7. The molecule has 1 aromatic heterocycles. The maximum Gasteiger partial charge on any atom is 0.211 e. The predicted molar refractivity (Wildman–Crippen MR) is 147 cm³/mol. The number of aromatic nitrogens is 1. The lowest BCUT2D eigenvalue weighted by Gasteiger charge is -2.39. The molecule has 7 nitrogen and oxygen atoms in total. The van der Waals surface area contributed by atoms with Gasteiger partial charge in [-0.3, -0.25) is 9.78 Å². The second-order valence-corrected chi connectivity index (χ2v) is 12.3. The molecule has 3 aromatic rings. The van der Waals surface area contributed by atoms with Crippen molar-refractivity contribution in [1.29, 1.82) is 0 Å². The number of piperazine rings is 1. The molecule has 4 rings (SSSR count). The second-order valence-electron chi connectivity index (χ2n) is 10.5. The van der Waals surface area contributed by atoms with E-state index in [1.807, 2.05) is 0 Å². The fourth-order valence-electron chi connectivity index (χ4n) is 5.59. The minimum atomic E-state index is -3.51. The molecule has 220 valence electrons. The summed E-state index contributed by atoms with van der Waals surface area (Å²) >= 11 is 0. The van der Waals surface area contributed by atoms with E-state index in [0.29, 0.717) is 31.1 Å². The molecule has 0 unspecified atom stereocenters. The minimum Gasteiger partial charge on any atom is -0.321 e. The highest BCUT2D eigenvalue weighted by Crippen LogP contribution is 2.30. The van der Waals surface area contributed by atoms with Crippen LogP contribution in [0.1, 0.15) is 41.5 Å². The fraction of sp³-hybridized carbons (Fsp3) is 0.379. The molecule has 0 radical (unpaired) electrons. The molecule has 0 amide bonds. The van der Waals surface area contributed by atoms with Crippen LogP contribution in [0.3, 0.4) is 0 Å². The van der Waals surface area contributed by atoms with Crippen molar-refractivity contribution >= 4 is 15.8 Å². The van der Waals surface area contributed by atoms with Gasteiger partial charge in [-0.15, -0.1) is 0 Å². The molecule has 2 aromatic carbocycles. The van der Waals surface area contributed by atoms with Crippen LogP contribution in [0.15, 0.2) is 54.9 Å². The molecule has 1 saturated heterocycles. The average molecular weight is 593 g/mol. The summed E-state index contributed by atoms with van der Waals surface area (Å²) in [5.41, 5.74) is 7.33. The lowest BCUT2D eigenvalue weighted by atomic mass is 9.82. The summed E-state index contributed by atoms with van der Waals surface area (Å²) in [6.07, 6.45) is 3.62. The Balaban J connectivity index is 1.60. The summed E-state index contributed by atoms with van der Waals surface area (Å²) in [7, 11) is -3.51. The molecule has 0 aliphatic carbocycles. The number of hydrogen-bond acceptors (Lipinski definition) is 6. The number of sulfonamides is 1. The molecule has 0 bridgehead atoms. The number of carbonyl (C=O) groups is 1. The minimum absolute atomic E-state index is 0.0901. The largest absolute Gasteiger partial charge is 0.321 e. The van der Waals surface area contributed by atoms with Crippen LogP contribution in [0.4, 0.5) is 17.6 Å². The standard InChI is InChI=1S/C29H32F4N4O3S/c1-17-13-35-15-24(37(17)41(2,39)40)7-8-25-20(14-36-16-26(25)33)11-27(38)29(34)28(18-3-5-21(30)6-4-18)19-9-22(31)12-23(32)10-19/h3-6,9-10,12,14,16-17,24,28-29,35H,7-8,11,13,15,34H2,1-2H3/t17-,24-,28-,29+/m0/s1. The lowest BCUT2D eigenvalue weighted by molar-refractivity contribution is -0.119. The quantitative estimate of drug-likeness (QED) is 0.350. The third-order valence-corrected chi connectivity index (χ3v) is 8.81. The molecule has 41 heavy (non-hydrogen) atoms. The highest BCUT2D eigenvalue weighted by atomic mass is 32.2. The van der Waals surface area contributed by atoms with E-state index in [9.17, 15) is 26.4 Å². The van der Waals surface area contributed by atoms with Gasteiger partial charge in [-0.05, 0) is 66.3 Å². The number of pyridine rings is 1.